The molecule has 1 heterocycles. The van der Waals surface area contributed by atoms with Crippen LogP contribution in [-0.4, -0.2) is 4.98 Å². The summed E-state index contributed by atoms with van der Waals surface area (Å²) in [4.78, 5) is 3.69. The topological polar surface area (TPSA) is 12.9 Å². The molecule has 0 aromatic carbocycles. The van der Waals surface area contributed by atoms with Crippen LogP contribution >= 0.6 is 34.2 Å². The van der Waals surface area contributed by atoms with Crippen LogP contribution in [0, 0.1) is 10.5 Å². The van der Waals surface area contributed by atoms with E-state index in [9.17, 15) is 8.78 Å². The van der Waals surface area contributed by atoms with Crippen molar-refractivity contribution in [2.24, 2.45) is 0 Å². The summed E-state index contributed by atoms with van der Waals surface area (Å²) in [5, 5.41) is 0.332. The van der Waals surface area contributed by atoms with Crippen LogP contribution in [0.25, 0.3) is 0 Å². The Morgan fingerprint density at radius 1 is 1.58 bits per heavy atom. The molecule has 0 aliphatic carbocycles. The summed E-state index contributed by atoms with van der Waals surface area (Å²) in [6.07, 6.45) is -2.56. The average Bonchev–Trinajstić information content (AvgIpc) is 1.96. The van der Waals surface area contributed by atoms with Gasteiger partial charge < -0.3 is 0 Å². The van der Waals surface area contributed by atoms with E-state index in [-0.39, 0.29) is 5.69 Å². The standard InChI is InChI=1S/C7H5ClF2IN/c1-3-2-4(8)5(11)6(12-3)7(9)10/h2,7H,1H3. The molecule has 0 fully saturated rings. The van der Waals surface area contributed by atoms with E-state index >= 15 is 0 Å². The molecule has 0 saturated heterocycles. The Hall–Kier alpha value is 0.0300. The summed E-state index contributed by atoms with van der Waals surface area (Å²) >= 11 is 7.44. The third kappa shape index (κ3) is 2.04. The molecule has 0 aliphatic rings. The molecule has 0 saturated carbocycles. The molecule has 1 aromatic rings. The van der Waals surface area contributed by atoms with E-state index in [0.29, 0.717) is 14.3 Å². The fourth-order valence-electron chi connectivity index (χ4n) is 0.785. The number of aromatic nitrogens is 1. The van der Waals surface area contributed by atoms with Crippen LogP contribution in [0.1, 0.15) is 17.8 Å². The highest BCUT2D eigenvalue weighted by Crippen LogP contribution is 2.28. The largest absolute Gasteiger partial charge is 0.281 e. The van der Waals surface area contributed by atoms with E-state index in [2.05, 4.69) is 4.98 Å². The Balaban J connectivity index is 3.28. The Morgan fingerprint density at radius 3 is 2.67 bits per heavy atom. The second-order valence-corrected chi connectivity index (χ2v) is 3.73. The van der Waals surface area contributed by atoms with Crippen molar-refractivity contribution in [2.75, 3.05) is 0 Å². The van der Waals surface area contributed by atoms with Gasteiger partial charge in [0, 0.05) is 5.69 Å². The Kier molecular flexibility index (Phi) is 3.22. The molecule has 12 heavy (non-hydrogen) atoms. The molecule has 1 aromatic heterocycles. The molecule has 5 heteroatoms. The van der Waals surface area contributed by atoms with E-state index in [1.54, 1.807) is 35.6 Å². The molecule has 1 rings (SSSR count). The summed E-state index contributed by atoms with van der Waals surface area (Å²) in [5.74, 6) is 0. The predicted octanol–water partition coefficient (Wildman–Crippen LogP) is 3.59. The third-order valence-corrected chi connectivity index (χ3v) is 3.02. The molecule has 0 N–H and O–H groups in total. The predicted molar refractivity (Wildman–Crippen MR) is 51.7 cm³/mol. The number of hydrogen-bond acceptors (Lipinski definition) is 1. The average molecular weight is 303 g/mol. The zero-order valence-electron chi connectivity index (χ0n) is 6.11. The van der Waals surface area contributed by atoms with E-state index in [0.717, 1.165) is 0 Å². The van der Waals surface area contributed by atoms with Crippen LogP contribution in [-0.2, 0) is 0 Å². The van der Waals surface area contributed by atoms with Crippen LogP contribution in [0.4, 0.5) is 8.78 Å². The molecule has 0 amide bonds. The highest BCUT2D eigenvalue weighted by molar-refractivity contribution is 14.1. The lowest BCUT2D eigenvalue weighted by Crippen LogP contribution is -1.97. The first-order valence-corrected chi connectivity index (χ1v) is 4.58. The smallest absolute Gasteiger partial charge is 0.251 e. The number of pyridine rings is 1. The summed E-state index contributed by atoms with van der Waals surface area (Å²) in [6, 6.07) is 1.56. The van der Waals surface area contributed by atoms with Crippen LogP contribution in [0.3, 0.4) is 0 Å². The van der Waals surface area contributed by atoms with Crippen LogP contribution in [0.5, 0.6) is 0 Å². The van der Waals surface area contributed by atoms with E-state index < -0.39 is 6.43 Å². The molecule has 0 atom stereocenters. The van der Waals surface area contributed by atoms with Gasteiger partial charge in [-0.3, -0.25) is 4.98 Å². The molecule has 0 spiro atoms. The summed E-state index contributed by atoms with van der Waals surface area (Å²) in [6.45, 7) is 1.63. The Morgan fingerprint density at radius 2 is 2.17 bits per heavy atom. The number of hydrogen-bond donors (Lipinski definition) is 0. The van der Waals surface area contributed by atoms with Crippen molar-refractivity contribution in [2.45, 2.75) is 13.3 Å². The highest BCUT2D eigenvalue weighted by Gasteiger charge is 2.15. The monoisotopic (exact) mass is 303 g/mol. The minimum atomic E-state index is -2.56. The maximum Gasteiger partial charge on any atom is 0.281 e. The first-order valence-electron chi connectivity index (χ1n) is 3.13. The van der Waals surface area contributed by atoms with Gasteiger partial charge in [0.05, 0.1) is 8.59 Å². The van der Waals surface area contributed by atoms with Gasteiger partial charge in [-0.05, 0) is 35.6 Å². The highest BCUT2D eigenvalue weighted by atomic mass is 127. The molecule has 1 nitrogen and oxygen atoms in total. The van der Waals surface area contributed by atoms with Gasteiger partial charge in [0.1, 0.15) is 5.69 Å². The van der Waals surface area contributed by atoms with Crippen molar-refractivity contribution in [3.05, 3.63) is 26.0 Å². The summed E-state index contributed by atoms with van der Waals surface area (Å²) in [7, 11) is 0. The zero-order chi connectivity index (χ0) is 9.30. The Labute approximate surface area is 87.3 Å². The van der Waals surface area contributed by atoms with Gasteiger partial charge in [-0.25, -0.2) is 8.78 Å². The lowest BCUT2D eigenvalue weighted by molar-refractivity contribution is 0.145. The van der Waals surface area contributed by atoms with Gasteiger partial charge >= 0.3 is 0 Å². The van der Waals surface area contributed by atoms with Crippen molar-refractivity contribution in [1.29, 1.82) is 0 Å². The SMILES string of the molecule is Cc1cc(Cl)c(I)c(C(F)F)n1. The molecular formula is C7H5ClF2IN. The zero-order valence-corrected chi connectivity index (χ0v) is 9.03. The van der Waals surface area contributed by atoms with Gasteiger partial charge in [-0.1, -0.05) is 11.6 Å². The fraction of sp³-hybridized carbons (Fsp3) is 0.286. The molecule has 66 valence electrons. The second-order valence-electron chi connectivity index (χ2n) is 2.25. The number of rotatable bonds is 1. The lowest BCUT2D eigenvalue weighted by Gasteiger charge is -2.04. The van der Waals surface area contributed by atoms with Gasteiger partial charge in [-0.2, -0.15) is 0 Å². The van der Waals surface area contributed by atoms with Crippen molar-refractivity contribution >= 4 is 34.2 Å². The van der Waals surface area contributed by atoms with Gasteiger partial charge in [0.2, 0.25) is 0 Å². The fourth-order valence-corrected chi connectivity index (χ4v) is 1.55. The van der Waals surface area contributed by atoms with Crippen LogP contribution < -0.4 is 0 Å². The van der Waals surface area contributed by atoms with Crippen LogP contribution in [0.2, 0.25) is 5.02 Å². The number of nitrogens with zero attached hydrogens (tertiary/aromatic N) is 1. The van der Waals surface area contributed by atoms with Crippen molar-refractivity contribution in [1.82, 2.24) is 4.98 Å². The van der Waals surface area contributed by atoms with Crippen molar-refractivity contribution in [3.8, 4) is 0 Å². The minimum Gasteiger partial charge on any atom is -0.251 e. The molecule has 0 unspecified atom stereocenters. The van der Waals surface area contributed by atoms with Crippen LogP contribution in [0.15, 0.2) is 6.07 Å². The molecule has 0 radical (unpaired) electrons. The number of alkyl halides is 2. The van der Waals surface area contributed by atoms with E-state index in [4.69, 9.17) is 11.6 Å². The van der Waals surface area contributed by atoms with Gasteiger partial charge in [0.15, 0.2) is 0 Å². The molecular weight excluding hydrogens is 298 g/mol. The summed E-state index contributed by atoms with van der Waals surface area (Å²) in [5.41, 5.74) is 0.274. The first-order chi connectivity index (χ1) is 5.52. The minimum absolute atomic E-state index is 0.236. The van der Waals surface area contributed by atoms with E-state index in [1.807, 2.05) is 0 Å². The second kappa shape index (κ2) is 3.83. The van der Waals surface area contributed by atoms with Gasteiger partial charge in [-0.15, -0.1) is 0 Å². The quantitative estimate of drug-likeness (QED) is 0.723. The maximum absolute atomic E-state index is 12.3. The third-order valence-electron chi connectivity index (χ3n) is 1.27. The summed E-state index contributed by atoms with van der Waals surface area (Å²) < 4.78 is 24.9. The van der Waals surface area contributed by atoms with Crippen molar-refractivity contribution < 1.29 is 8.78 Å². The number of aryl methyl sites for hydroxylation is 1. The maximum atomic E-state index is 12.3. The number of halogens is 4. The molecule has 0 bridgehead atoms. The molecule has 0 aliphatic heterocycles. The lowest BCUT2D eigenvalue weighted by atomic mass is 10.3. The van der Waals surface area contributed by atoms with Crippen molar-refractivity contribution in [3.63, 3.8) is 0 Å². The van der Waals surface area contributed by atoms with Gasteiger partial charge in [0.25, 0.3) is 6.43 Å². The first kappa shape index (κ1) is 10.1. The van der Waals surface area contributed by atoms with E-state index in [1.165, 1.54) is 0 Å². The Bertz CT molecular complexity index is 304. The normalized spacial score (nSPS) is 10.8.